The SMILES string of the molecule is Cc1ccccc1NC(=O)CN(c1ccc(Cl)cc1)S(=O)(=O)c1ccccc1. The number of carbonyl (C=O) groups excluding carboxylic acids is 1. The second-order valence-corrected chi connectivity index (χ2v) is 8.46. The number of hydrogen-bond donors (Lipinski definition) is 1. The van der Waals surface area contributed by atoms with Crippen molar-refractivity contribution in [2.75, 3.05) is 16.2 Å². The van der Waals surface area contributed by atoms with Crippen LogP contribution in [0, 0.1) is 6.92 Å². The van der Waals surface area contributed by atoms with E-state index in [1.807, 2.05) is 19.1 Å². The van der Waals surface area contributed by atoms with Crippen molar-refractivity contribution in [2.24, 2.45) is 0 Å². The molecule has 0 aliphatic heterocycles. The van der Waals surface area contributed by atoms with Gasteiger partial charge in [0, 0.05) is 10.7 Å². The maximum absolute atomic E-state index is 13.2. The van der Waals surface area contributed by atoms with Crippen molar-refractivity contribution in [3.8, 4) is 0 Å². The molecule has 0 aromatic heterocycles. The molecule has 0 unspecified atom stereocenters. The summed E-state index contributed by atoms with van der Waals surface area (Å²) < 4.78 is 27.4. The van der Waals surface area contributed by atoms with Crippen LogP contribution in [0.3, 0.4) is 0 Å². The Morgan fingerprint density at radius 3 is 2.18 bits per heavy atom. The molecule has 144 valence electrons. The Hall–Kier alpha value is -2.83. The molecule has 5 nitrogen and oxygen atoms in total. The van der Waals surface area contributed by atoms with Gasteiger partial charge in [-0.25, -0.2) is 8.42 Å². The number of amides is 1. The van der Waals surface area contributed by atoms with Crippen molar-refractivity contribution in [3.05, 3.63) is 89.4 Å². The van der Waals surface area contributed by atoms with Crippen LogP contribution in [0.2, 0.25) is 5.02 Å². The van der Waals surface area contributed by atoms with Crippen molar-refractivity contribution in [1.82, 2.24) is 0 Å². The Balaban J connectivity index is 1.94. The van der Waals surface area contributed by atoms with Gasteiger partial charge in [0.05, 0.1) is 10.6 Å². The highest BCUT2D eigenvalue weighted by molar-refractivity contribution is 7.92. The molecule has 1 amide bonds. The highest BCUT2D eigenvalue weighted by Gasteiger charge is 2.27. The largest absolute Gasteiger partial charge is 0.324 e. The normalized spacial score (nSPS) is 11.1. The summed E-state index contributed by atoms with van der Waals surface area (Å²) in [5, 5.41) is 3.25. The van der Waals surface area contributed by atoms with E-state index in [0.29, 0.717) is 16.4 Å². The number of para-hydroxylation sites is 1. The first kappa shape index (κ1) is 19.9. The Labute approximate surface area is 169 Å². The molecule has 0 heterocycles. The van der Waals surface area contributed by atoms with E-state index < -0.39 is 15.9 Å². The van der Waals surface area contributed by atoms with Gasteiger partial charge in [0.25, 0.3) is 10.0 Å². The first-order valence-electron chi connectivity index (χ1n) is 8.57. The molecule has 0 radical (unpaired) electrons. The Kier molecular flexibility index (Phi) is 6.02. The van der Waals surface area contributed by atoms with Crippen molar-refractivity contribution in [1.29, 1.82) is 0 Å². The highest BCUT2D eigenvalue weighted by atomic mass is 35.5. The van der Waals surface area contributed by atoms with Gasteiger partial charge in [0.1, 0.15) is 6.54 Å². The zero-order valence-corrected chi connectivity index (χ0v) is 16.7. The predicted molar refractivity (Wildman–Crippen MR) is 112 cm³/mol. The third kappa shape index (κ3) is 4.52. The summed E-state index contributed by atoms with van der Waals surface area (Å²) in [6.07, 6.45) is 0. The lowest BCUT2D eigenvalue weighted by Crippen LogP contribution is -2.38. The van der Waals surface area contributed by atoms with Gasteiger partial charge in [0.15, 0.2) is 0 Å². The lowest BCUT2D eigenvalue weighted by Gasteiger charge is -2.24. The van der Waals surface area contributed by atoms with E-state index in [2.05, 4.69) is 5.32 Å². The number of anilines is 2. The fourth-order valence-corrected chi connectivity index (χ4v) is 4.24. The summed E-state index contributed by atoms with van der Waals surface area (Å²) in [6, 6.07) is 21.6. The van der Waals surface area contributed by atoms with Gasteiger partial charge < -0.3 is 5.32 Å². The molecular weight excluding hydrogens is 396 g/mol. The van der Waals surface area contributed by atoms with Gasteiger partial charge in [-0.3, -0.25) is 9.10 Å². The van der Waals surface area contributed by atoms with Crippen LogP contribution >= 0.6 is 11.6 Å². The molecule has 3 aromatic rings. The van der Waals surface area contributed by atoms with Crippen molar-refractivity contribution in [3.63, 3.8) is 0 Å². The molecule has 3 aromatic carbocycles. The molecule has 7 heteroatoms. The van der Waals surface area contributed by atoms with Gasteiger partial charge in [-0.1, -0.05) is 48.0 Å². The van der Waals surface area contributed by atoms with Crippen LogP contribution in [0.15, 0.2) is 83.8 Å². The summed E-state index contributed by atoms with van der Waals surface area (Å²) in [6.45, 7) is 1.50. The topological polar surface area (TPSA) is 66.5 Å². The predicted octanol–water partition coefficient (Wildman–Crippen LogP) is 4.48. The van der Waals surface area contributed by atoms with Crippen LogP contribution in [0.4, 0.5) is 11.4 Å². The quantitative estimate of drug-likeness (QED) is 0.646. The molecule has 0 fully saturated rings. The van der Waals surface area contributed by atoms with E-state index in [9.17, 15) is 13.2 Å². The number of benzene rings is 3. The minimum atomic E-state index is -3.94. The van der Waals surface area contributed by atoms with Crippen LogP contribution in [-0.4, -0.2) is 20.9 Å². The average molecular weight is 415 g/mol. The lowest BCUT2D eigenvalue weighted by atomic mass is 10.2. The molecule has 1 N–H and O–H groups in total. The van der Waals surface area contributed by atoms with Crippen molar-refractivity contribution >= 4 is 38.9 Å². The first-order valence-corrected chi connectivity index (χ1v) is 10.4. The Morgan fingerprint density at radius 2 is 1.54 bits per heavy atom. The Bertz CT molecular complexity index is 1070. The number of carbonyl (C=O) groups is 1. The van der Waals surface area contributed by atoms with Crippen LogP contribution in [-0.2, 0) is 14.8 Å². The second-order valence-electron chi connectivity index (χ2n) is 6.16. The number of rotatable bonds is 6. The second kappa shape index (κ2) is 8.46. The lowest BCUT2D eigenvalue weighted by molar-refractivity contribution is -0.114. The fourth-order valence-electron chi connectivity index (χ4n) is 2.68. The van der Waals surface area contributed by atoms with Gasteiger partial charge in [-0.05, 0) is 55.0 Å². The van der Waals surface area contributed by atoms with Crippen LogP contribution in [0.5, 0.6) is 0 Å². The summed E-state index contributed by atoms with van der Waals surface area (Å²) in [5.41, 5.74) is 1.88. The minimum Gasteiger partial charge on any atom is -0.324 e. The van der Waals surface area contributed by atoms with Gasteiger partial charge >= 0.3 is 0 Å². The number of halogens is 1. The van der Waals surface area contributed by atoms with E-state index >= 15 is 0 Å². The maximum atomic E-state index is 13.2. The van der Waals surface area contributed by atoms with Gasteiger partial charge in [-0.15, -0.1) is 0 Å². The molecule has 0 atom stereocenters. The summed E-state index contributed by atoms with van der Waals surface area (Å²) in [5.74, 6) is -0.441. The van der Waals surface area contributed by atoms with E-state index in [1.165, 1.54) is 12.1 Å². The van der Waals surface area contributed by atoms with E-state index in [1.54, 1.807) is 54.6 Å². The molecule has 28 heavy (non-hydrogen) atoms. The van der Waals surface area contributed by atoms with Gasteiger partial charge in [0.2, 0.25) is 5.91 Å². The van der Waals surface area contributed by atoms with E-state index in [0.717, 1.165) is 9.87 Å². The zero-order valence-electron chi connectivity index (χ0n) is 15.2. The maximum Gasteiger partial charge on any atom is 0.264 e. The third-order valence-corrected chi connectivity index (χ3v) is 6.19. The number of hydrogen-bond acceptors (Lipinski definition) is 3. The van der Waals surface area contributed by atoms with E-state index in [4.69, 9.17) is 11.6 Å². The summed E-state index contributed by atoms with van der Waals surface area (Å²) >= 11 is 5.93. The fraction of sp³-hybridized carbons (Fsp3) is 0.0952. The number of sulfonamides is 1. The molecule has 0 spiro atoms. The summed E-state index contributed by atoms with van der Waals surface area (Å²) in [7, 11) is -3.94. The molecule has 0 bridgehead atoms. The minimum absolute atomic E-state index is 0.105. The standard InChI is InChI=1S/C21H19ClN2O3S/c1-16-7-5-6-10-20(16)23-21(25)15-24(18-13-11-17(22)12-14-18)28(26,27)19-8-3-2-4-9-19/h2-14H,15H2,1H3,(H,23,25). The number of nitrogens with one attached hydrogen (secondary N) is 1. The van der Waals surface area contributed by atoms with Crippen LogP contribution in [0.1, 0.15) is 5.56 Å². The highest BCUT2D eigenvalue weighted by Crippen LogP contribution is 2.25. The van der Waals surface area contributed by atoms with E-state index in [-0.39, 0.29) is 11.4 Å². The number of nitrogens with zero attached hydrogens (tertiary/aromatic N) is 1. The molecule has 0 saturated heterocycles. The average Bonchev–Trinajstić information content (AvgIpc) is 2.69. The Morgan fingerprint density at radius 1 is 0.929 bits per heavy atom. The van der Waals surface area contributed by atoms with Crippen molar-refractivity contribution in [2.45, 2.75) is 11.8 Å². The molecule has 0 saturated carbocycles. The smallest absolute Gasteiger partial charge is 0.264 e. The zero-order chi connectivity index (χ0) is 20.1. The van der Waals surface area contributed by atoms with Gasteiger partial charge in [-0.2, -0.15) is 0 Å². The molecular formula is C21H19ClN2O3S. The third-order valence-electron chi connectivity index (χ3n) is 4.15. The molecule has 3 rings (SSSR count). The van der Waals surface area contributed by atoms with Crippen LogP contribution < -0.4 is 9.62 Å². The van der Waals surface area contributed by atoms with Crippen LogP contribution in [0.25, 0.3) is 0 Å². The number of aryl methyl sites for hydroxylation is 1. The molecule has 0 aliphatic rings. The summed E-state index contributed by atoms with van der Waals surface area (Å²) in [4.78, 5) is 12.8. The first-order chi connectivity index (χ1) is 13.4. The monoisotopic (exact) mass is 414 g/mol. The molecule has 0 aliphatic carbocycles. The van der Waals surface area contributed by atoms with Crippen molar-refractivity contribution < 1.29 is 13.2 Å².